The van der Waals surface area contributed by atoms with E-state index >= 15 is 0 Å². The molecule has 28 heavy (non-hydrogen) atoms. The Morgan fingerprint density at radius 3 is 2.86 bits per heavy atom. The summed E-state index contributed by atoms with van der Waals surface area (Å²) in [5.74, 6) is -0.389. The number of thiophene rings is 1. The molecule has 0 spiro atoms. The van der Waals surface area contributed by atoms with Gasteiger partial charge in [0.2, 0.25) is 0 Å². The fraction of sp³-hybridized carbons (Fsp3) is 0.350. The fourth-order valence-electron chi connectivity index (χ4n) is 3.59. The van der Waals surface area contributed by atoms with Crippen molar-refractivity contribution in [2.45, 2.75) is 25.3 Å². The SMILES string of the molecule is CCOC(=O)c1cc2cc(NC(=O)C3(n4cccn4)CCNCC3)ccc2s1. The molecule has 1 fully saturated rings. The number of esters is 1. The smallest absolute Gasteiger partial charge is 0.348 e. The number of hydrogen-bond donors (Lipinski definition) is 2. The van der Waals surface area contributed by atoms with Gasteiger partial charge in [0.05, 0.1) is 6.61 Å². The maximum atomic E-state index is 13.3. The van der Waals surface area contributed by atoms with Gasteiger partial charge in [-0.15, -0.1) is 11.3 Å². The largest absolute Gasteiger partial charge is 0.462 e. The highest BCUT2D eigenvalue weighted by Crippen LogP contribution is 2.31. The molecule has 1 saturated heterocycles. The fourth-order valence-corrected chi connectivity index (χ4v) is 4.53. The number of rotatable bonds is 5. The van der Waals surface area contributed by atoms with Crippen molar-refractivity contribution in [2.75, 3.05) is 25.0 Å². The van der Waals surface area contributed by atoms with E-state index in [0.29, 0.717) is 30.0 Å². The first-order valence-electron chi connectivity index (χ1n) is 9.35. The van der Waals surface area contributed by atoms with E-state index in [4.69, 9.17) is 4.74 Å². The molecule has 2 aromatic heterocycles. The topological polar surface area (TPSA) is 85.2 Å². The zero-order valence-electron chi connectivity index (χ0n) is 15.6. The number of aromatic nitrogens is 2. The highest BCUT2D eigenvalue weighted by atomic mass is 32.1. The monoisotopic (exact) mass is 398 g/mol. The first-order valence-corrected chi connectivity index (χ1v) is 10.2. The zero-order valence-corrected chi connectivity index (χ0v) is 16.4. The Morgan fingerprint density at radius 2 is 2.14 bits per heavy atom. The minimum Gasteiger partial charge on any atom is -0.462 e. The quantitative estimate of drug-likeness (QED) is 0.646. The molecule has 0 atom stereocenters. The Hall–Kier alpha value is -2.71. The maximum absolute atomic E-state index is 13.3. The molecule has 0 saturated carbocycles. The summed E-state index contributed by atoms with van der Waals surface area (Å²) in [6.45, 7) is 3.66. The molecular weight excluding hydrogens is 376 g/mol. The van der Waals surface area contributed by atoms with Crippen molar-refractivity contribution in [1.82, 2.24) is 15.1 Å². The van der Waals surface area contributed by atoms with Crippen LogP contribution in [0.4, 0.5) is 5.69 Å². The van der Waals surface area contributed by atoms with E-state index in [1.165, 1.54) is 11.3 Å². The van der Waals surface area contributed by atoms with Gasteiger partial charge in [-0.1, -0.05) is 0 Å². The van der Waals surface area contributed by atoms with Crippen LogP contribution >= 0.6 is 11.3 Å². The average Bonchev–Trinajstić information content (AvgIpc) is 3.38. The van der Waals surface area contributed by atoms with Crippen LogP contribution in [-0.2, 0) is 15.1 Å². The summed E-state index contributed by atoms with van der Waals surface area (Å²) in [4.78, 5) is 25.8. The van der Waals surface area contributed by atoms with Gasteiger partial charge in [-0.3, -0.25) is 9.48 Å². The van der Waals surface area contributed by atoms with E-state index in [1.54, 1.807) is 23.9 Å². The van der Waals surface area contributed by atoms with Crippen LogP contribution in [0.3, 0.4) is 0 Å². The van der Waals surface area contributed by atoms with Gasteiger partial charge in [-0.05, 0) is 68.6 Å². The summed E-state index contributed by atoms with van der Waals surface area (Å²) < 4.78 is 7.82. The van der Waals surface area contributed by atoms with Gasteiger partial charge < -0.3 is 15.4 Å². The van der Waals surface area contributed by atoms with Crippen LogP contribution in [0, 0.1) is 0 Å². The van der Waals surface area contributed by atoms with Gasteiger partial charge in [0.25, 0.3) is 5.91 Å². The van der Waals surface area contributed by atoms with Gasteiger partial charge in [-0.25, -0.2) is 4.79 Å². The molecular formula is C20H22N4O3S. The first kappa shape index (κ1) is 18.6. The minimum absolute atomic E-state index is 0.0714. The van der Waals surface area contributed by atoms with E-state index < -0.39 is 5.54 Å². The maximum Gasteiger partial charge on any atom is 0.348 e. The molecule has 1 aliphatic rings. The number of anilines is 1. The number of nitrogens with zero attached hydrogens (tertiary/aromatic N) is 2. The third-order valence-electron chi connectivity index (χ3n) is 5.05. The second-order valence-electron chi connectivity index (χ2n) is 6.77. The van der Waals surface area contributed by atoms with E-state index in [9.17, 15) is 9.59 Å². The molecule has 7 nitrogen and oxygen atoms in total. The highest BCUT2D eigenvalue weighted by Gasteiger charge is 2.42. The molecule has 0 radical (unpaired) electrons. The number of carbonyl (C=O) groups is 2. The number of fused-ring (bicyclic) bond motifs is 1. The summed E-state index contributed by atoms with van der Waals surface area (Å²) in [5, 5.41) is 11.6. The normalized spacial score (nSPS) is 16.0. The lowest BCUT2D eigenvalue weighted by molar-refractivity contribution is -0.126. The lowest BCUT2D eigenvalue weighted by atomic mass is 9.87. The number of piperidine rings is 1. The highest BCUT2D eigenvalue weighted by molar-refractivity contribution is 7.20. The van der Waals surface area contributed by atoms with Gasteiger partial charge in [0, 0.05) is 22.8 Å². The van der Waals surface area contributed by atoms with Gasteiger partial charge in [-0.2, -0.15) is 5.10 Å². The summed E-state index contributed by atoms with van der Waals surface area (Å²) in [5.41, 5.74) is 0.00446. The molecule has 3 aromatic rings. The number of ether oxygens (including phenoxy) is 1. The average molecular weight is 398 g/mol. The van der Waals surface area contributed by atoms with Crippen LogP contribution in [0.1, 0.15) is 29.4 Å². The van der Waals surface area contributed by atoms with Crippen LogP contribution in [0.25, 0.3) is 10.1 Å². The van der Waals surface area contributed by atoms with E-state index in [-0.39, 0.29) is 11.9 Å². The first-order chi connectivity index (χ1) is 13.6. The molecule has 8 heteroatoms. The minimum atomic E-state index is -0.700. The number of hydrogen-bond acceptors (Lipinski definition) is 6. The third-order valence-corrected chi connectivity index (χ3v) is 6.14. The van der Waals surface area contributed by atoms with Crippen molar-refractivity contribution in [2.24, 2.45) is 0 Å². The van der Waals surface area contributed by atoms with Crippen LogP contribution in [0.2, 0.25) is 0 Å². The van der Waals surface area contributed by atoms with Crippen molar-refractivity contribution < 1.29 is 14.3 Å². The Morgan fingerprint density at radius 1 is 1.32 bits per heavy atom. The van der Waals surface area contributed by atoms with E-state index in [2.05, 4.69) is 15.7 Å². The molecule has 146 valence electrons. The number of amides is 1. The molecule has 2 N–H and O–H groups in total. The molecule has 1 aromatic carbocycles. The van der Waals surface area contributed by atoms with Crippen molar-refractivity contribution in [3.05, 3.63) is 47.6 Å². The van der Waals surface area contributed by atoms with Crippen molar-refractivity contribution in [3.8, 4) is 0 Å². The summed E-state index contributed by atoms with van der Waals surface area (Å²) in [6, 6.07) is 9.32. The zero-order chi connectivity index (χ0) is 19.6. The molecule has 1 aliphatic heterocycles. The molecule has 0 bridgehead atoms. The van der Waals surface area contributed by atoms with E-state index in [1.807, 2.05) is 30.5 Å². The second-order valence-corrected chi connectivity index (χ2v) is 7.85. The molecule has 4 rings (SSSR count). The van der Waals surface area contributed by atoms with E-state index in [0.717, 1.165) is 23.2 Å². The molecule has 0 unspecified atom stereocenters. The van der Waals surface area contributed by atoms with Crippen LogP contribution in [0.15, 0.2) is 42.7 Å². The number of nitrogens with one attached hydrogen (secondary N) is 2. The second kappa shape index (κ2) is 7.73. The Bertz CT molecular complexity index is 990. The molecule has 0 aliphatic carbocycles. The van der Waals surface area contributed by atoms with Crippen molar-refractivity contribution in [3.63, 3.8) is 0 Å². The number of carbonyl (C=O) groups excluding carboxylic acids is 2. The number of benzene rings is 1. The lowest BCUT2D eigenvalue weighted by Gasteiger charge is -2.36. The molecule has 1 amide bonds. The third kappa shape index (κ3) is 3.41. The Kier molecular flexibility index (Phi) is 5.15. The summed E-state index contributed by atoms with van der Waals surface area (Å²) in [6.07, 6.45) is 4.90. The Labute approximate surface area is 166 Å². The van der Waals surface area contributed by atoms with Crippen LogP contribution < -0.4 is 10.6 Å². The predicted molar refractivity (Wildman–Crippen MR) is 109 cm³/mol. The summed E-state index contributed by atoms with van der Waals surface area (Å²) >= 11 is 1.39. The Balaban J connectivity index is 1.59. The van der Waals surface area contributed by atoms with Crippen LogP contribution in [-0.4, -0.2) is 41.4 Å². The standard InChI is InChI=1S/C20H22N4O3S/c1-2-27-18(25)17-13-14-12-15(4-5-16(14)28-17)23-19(26)20(6-9-21-10-7-20)24-11-3-8-22-24/h3-5,8,11-13,21H,2,6-7,9-10H2,1H3,(H,23,26). The van der Waals surface area contributed by atoms with Crippen molar-refractivity contribution >= 4 is 39.0 Å². The lowest BCUT2D eigenvalue weighted by Crippen LogP contribution is -2.52. The van der Waals surface area contributed by atoms with Gasteiger partial charge in [0.1, 0.15) is 10.4 Å². The van der Waals surface area contributed by atoms with Gasteiger partial charge >= 0.3 is 5.97 Å². The van der Waals surface area contributed by atoms with Crippen molar-refractivity contribution in [1.29, 1.82) is 0 Å². The summed E-state index contributed by atoms with van der Waals surface area (Å²) in [7, 11) is 0. The van der Waals surface area contributed by atoms with Gasteiger partial charge in [0.15, 0.2) is 0 Å². The van der Waals surface area contributed by atoms with Crippen LogP contribution in [0.5, 0.6) is 0 Å². The predicted octanol–water partition coefficient (Wildman–Crippen LogP) is 2.99. The molecule has 3 heterocycles.